The molecule has 3 aromatic carbocycles. The average molecular weight is 426 g/mol. The van der Waals surface area contributed by atoms with Gasteiger partial charge in [-0.3, -0.25) is 14.4 Å². The zero-order valence-electron chi connectivity index (χ0n) is 14.9. The summed E-state index contributed by atoms with van der Waals surface area (Å²) in [7, 11) is 0. The molecule has 0 saturated heterocycles. The van der Waals surface area contributed by atoms with E-state index in [2.05, 4.69) is 5.32 Å². The first-order valence-electron chi connectivity index (χ1n) is 8.64. The van der Waals surface area contributed by atoms with E-state index in [1.165, 1.54) is 18.2 Å². The molecule has 29 heavy (non-hydrogen) atoms. The van der Waals surface area contributed by atoms with Gasteiger partial charge in [0.1, 0.15) is 5.75 Å². The van der Waals surface area contributed by atoms with E-state index in [4.69, 9.17) is 27.9 Å². The maximum absolute atomic E-state index is 12.8. The van der Waals surface area contributed by atoms with Crippen molar-refractivity contribution in [2.75, 3.05) is 11.9 Å². The lowest BCUT2D eigenvalue weighted by Gasteiger charge is -2.18. The lowest BCUT2D eigenvalue weighted by Crippen LogP contribution is -2.23. The molecule has 0 unspecified atom stereocenters. The predicted octanol–water partition coefficient (Wildman–Crippen LogP) is 4.79. The molecule has 1 N–H and O–H groups in total. The van der Waals surface area contributed by atoms with Crippen LogP contribution in [0.25, 0.3) is 0 Å². The minimum Gasteiger partial charge on any atom is -0.482 e. The molecule has 4 rings (SSSR count). The van der Waals surface area contributed by atoms with E-state index in [1.54, 1.807) is 42.5 Å². The fourth-order valence-electron chi connectivity index (χ4n) is 3.11. The number of anilines is 1. The number of carbonyl (C=O) groups excluding carboxylic acids is 3. The quantitative estimate of drug-likeness (QED) is 0.510. The summed E-state index contributed by atoms with van der Waals surface area (Å²) in [6.07, 6.45) is 0. The van der Waals surface area contributed by atoms with Crippen LogP contribution in [0.3, 0.4) is 0 Å². The SMILES string of the molecule is O=C(COc1cc(Cl)ccc1Cl)Nc1ccc2c(c1)C(=O)c1ccccc1C2=O. The largest absolute Gasteiger partial charge is 0.482 e. The summed E-state index contributed by atoms with van der Waals surface area (Å²) in [4.78, 5) is 37.6. The van der Waals surface area contributed by atoms with Crippen molar-refractivity contribution >= 4 is 46.4 Å². The number of ketones is 2. The minimum atomic E-state index is -0.448. The highest BCUT2D eigenvalue weighted by molar-refractivity contribution is 6.34. The maximum atomic E-state index is 12.8. The Morgan fingerprint density at radius 1 is 0.828 bits per heavy atom. The monoisotopic (exact) mass is 425 g/mol. The predicted molar refractivity (Wildman–Crippen MR) is 110 cm³/mol. The Balaban J connectivity index is 1.51. The van der Waals surface area contributed by atoms with Gasteiger partial charge >= 0.3 is 0 Å². The second kappa shape index (κ2) is 7.70. The second-order valence-corrected chi connectivity index (χ2v) is 7.22. The molecule has 144 valence electrons. The van der Waals surface area contributed by atoms with Gasteiger partial charge in [-0.25, -0.2) is 0 Å². The molecule has 5 nitrogen and oxygen atoms in total. The Hall–Kier alpha value is -3.15. The Kier molecular flexibility index (Phi) is 5.09. The van der Waals surface area contributed by atoms with E-state index in [1.807, 2.05) is 0 Å². The number of nitrogens with one attached hydrogen (secondary N) is 1. The van der Waals surface area contributed by atoms with Gasteiger partial charge < -0.3 is 10.1 Å². The van der Waals surface area contributed by atoms with Gasteiger partial charge in [-0.1, -0.05) is 47.5 Å². The molecular formula is C22H13Cl2NO4. The minimum absolute atomic E-state index is 0.216. The molecule has 0 radical (unpaired) electrons. The van der Waals surface area contributed by atoms with E-state index >= 15 is 0 Å². The summed E-state index contributed by atoms with van der Waals surface area (Å²) >= 11 is 11.9. The second-order valence-electron chi connectivity index (χ2n) is 6.38. The molecule has 0 heterocycles. The van der Waals surface area contributed by atoms with Gasteiger partial charge in [0.05, 0.1) is 5.02 Å². The van der Waals surface area contributed by atoms with Crippen LogP contribution >= 0.6 is 23.2 Å². The van der Waals surface area contributed by atoms with Gasteiger partial charge in [-0.05, 0) is 30.3 Å². The van der Waals surface area contributed by atoms with Crippen molar-refractivity contribution in [2.45, 2.75) is 0 Å². The third kappa shape index (κ3) is 3.75. The van der Waals surface area contributed by atoms with Crippen molar-refractivity contribution in [1.82, 2.24) is 0 Å². The molecule has 1 aliphatic rings. The van der Waals surface area contributed by atoms with Gasteiger partial charge in [0.25, 0.3) is 5.91 Å². The van der Waals surface area contributed by atoms with E-state index in [0.29, 0.717) is 32.4 Å². The first-order chi connectivity index (χ1) is 13.9. The van der Waals surface area contributed by atoms with Crippen molar-refractivity contribution in [3.63, 3.8) is 0 Å². The van der Waals surface area contributed by atoms with Crippen molar-refractivity contribution in [2.24, 2.45) is 0 Å². The lowest BCUT2D eigenvalue weighted by atomic mass is 9.84. The Morgan fingerprint density at radius 2 is 1.48 bits per heavy atom. The Bertz CT molecular complexity index is 1170. The van der Waals surface area contributed by atoms with Gasteiger partial charge in [-0.2, -0.15) is 0 Å². The van der Waals surface area contributed by atoms with Crippen LogP contribution in [0.4, 0.5) is 5.69 Å². The van der Waals surface area contributed by atoms with Crippen LogP contribution in [0.15, 0.2) is 60.7 Å². The highest BCUT2D eigenvalue weighted by atomic mass is 35.5. The van der Waals surface area contributed by atoms with Crippen molar-refractivity contribution < 1.29 is 19.1 Å². The number of fused-ring (bicyclic) bond motifs is 2. The Morgan fingerprint density at radius 3 is 2.21 bits per heavy atom. The van der Waals surface area contributed by atoms with Crippen molar-refractivity contribution in [3.05, 3.63) is 93.0 Å². The summed E-state index contributed by atoms with van der Waals surface area (Å²) in [5, 5.41) is 3.42. The first-order valence-corrected chi connectivity index (χ1v) is 9.40. The third-order valence-electron chi connectivity index (χ3n) is 4.46. The number of rotatable bonds is 4. The maximum Gasteiger partial charge on any atom is 0.262 e. The average Bonchev–Trinajstić information content (AvgIpc) is 2.72. The summed E-state index contributed by atoms with van der Waals surface area (Å²) < 4.78 is 5.40. The van der Waals surface area contributed by atoms with Crippen LogP contribution in [0, 0.1) is 0 Å². The molecule has 0 fully saturated rings. The van der Waals surface area contributed by atoms with Crippen LogP contribution in [0.1, 0.15) is 31.8 Å². The van der Waals surface area contributed by atoms with E-state index < -0.39 is 5.91 Å². The van der Waals surface area contributed by atoms with Crippen LogP contribution in [-0.2, 0) is 4.79 Å². The molecule has 1 amide bonds. The molecule has 1 aliphatic carbocycles. The molecule has 0 atom stereocenters. The summed E-state index contributed by atoms with van der Waals surface area (Å²) in [5.74, 6) is -0.631. The third-order valence-corrected chi connectivity index (χ3v) is 5.01. The molecule has 0 aliphatic heterocycles. The number of carbonyl (C=O) groups is 3. The zero-order chi connectivity index (χ0) is 20.5. The number of halogens is 2. The summed E-state index contributed by atoms with van der Waals surface area (Å²) in [5.41, 5.74) is 1.69. The van der Waals surface area contributed by atoms with Crippen molar-refractivity contribution in [3.8, 4) is 5.75 Å². The lowest BCUT2D eigenvalue weighted by molar-refractivity contribution is -0.118. The molecule has 7 heteroatoms. The van der Waals surface area contributed by atoms with Crippen LogP contribution in [0.5, 0.6) is 5.75 Å². The summed E-state index contributed by atoms with van der Waals surface area (Å²) in [6, 6.07) is 16.0. The van der Waals surface area contributed by atoms with Crippen LogP contribution < -0.4 is 10.1 Å². The highest BCUT2D eigenvalue weighted by Gasteiger charge is 2.29. The number of ether oxygens (including phenoxy) is 1. The highest BCUT2D eigenvalue weighted by Crippen LogP contribution is 2.30. The van der Waals surface area contributed by atoms with Crippen LogP contribution in [0.2, 0.25) is 10.0 Å². The number of benzene rings is 3. The number of amides is 1. The normalized spacial score (nSPS) is 12.2. The van der Waals surface area contributed by atoms with E-state index in [9.17, 15) is 14.4 Å². The van der Waals surface area contributed by atoms with E-state index in [0.717, 1.165) is 0 Å². The smallest absolute Gasteiger partial charge is 0.262 e. The summed E-state index contributed by atoms with van der Waals surface area (Å²) in [6.45, 7) is -0.299. The molecule has 0 saturated carbocycles. The standard InChI is InChI=1S/C22H13Cl2NO4/c23-12-5-8-18(24)19(9-12)29-11-20(26)25-13-6-7-16-17(10-13)22(28)15-4-2-1-3-14(15)21(16)27/h1-10H,11H2,(H,25,26). The number of hydrogen-bond donors (Lipinski definition) is 1. The fourth-order valence-corrected chi connectivity index (χ4v) is 3.44. The molecular weight excluding hydrogens is 413 g/mol. The van der Waals surface area contributed by atoms with Crippen molar-refractivity contribution in [1.29, 1.82) is 0 Å². The fraction of sp³-hybridized carbons (Fsp3) is 0.0455. The van der Waals surface area contributed by atoms with Gasteiger partial charge in [0.2, 0.25) is 0 Å². The molecule has 3 aromatic rings. The van der Waals surface area contributed by atoms with E-state index in [-0.39, 0.29) is 29.5 Å². The first kappa shape index (κ1) is 19.2. The van der Waals surface area contributed by atoms with Gasteiger partial charge in [0, 0.05) is 39.0 Å². The molecule has 0 aromatic heterocycles. The Labute approximate surface area is 176 Å². The molecule has 0 spiro atoms. The number of hydrogen-bond acceptors (Lipinski definition) is 4. The zero-order valence-corrected chi connectivity index (χ0v) is 16.4. The van der Waals surface area contributed by atoms with Gasteiger partial charge in [0.15, 0.2) is 18.2 Å². The van der Waals surface area contributed by atoms with Gasteiger partial charge in [-0.15, -0.1) is 0 Å². The molecule has 0 bridgehead atoms. The van der Waals surface area contributed by atoms with Crippen LogP contribution in [-0.4, -0.2) is 24.1 Å². The topological polar surface area (TPSA) is 72.5 Å².